The predicted octanol–water partition coefficient (Wildman–Crippen LogP) is 4.57. The summed E-state index contributed by atoms with van der Waals surface area (Å²) >= 11 is 0. The molecule has 2 rings (SSSR count). The van der Waals surface area contributed by atoms with Gasteiger partial charge < -0.3 is 5.11 Å². The molecule has 19 heavy (non-hydrogen) atoms. The van der Waals surface area contributed by atoms with Crippen molar-refractivity contribution in [2.75, 3.05) is 0 Å². The number of aliphatic hydroxyl groups is 1. The van der Waals surface area contributed by atoms with Gasteiger partial charge in [-0.25, -0.2) is 4.39 Å². The maximum atomic E-state index is 13.2. The van der Waals surface area contributed by atoms with Crippen LogP contribution in [0.4, 0.5) is 4.39 Å². The molecular weight excluding hydrogens is 239 g/mol. The van der Waals surface area contributed by atoms with E-state index in [9.17, 15) is 9.50 Å². The Kier molecular flexibility index (Phi) is 4.62. The molecule has 1 aromatic carbocycles. The molecule has 1 aliphatic rings. The van der Waals surface area contributed by atoms with Gasteiger partial charge in [0.15, 0.2) is 0 Å². The minimum atomic E-state index is -0.725. The zero-order valence-corrected chi connectivity index (χ0v) is 12.1. The van der Waals surface area contributed by atoms with Crippen LogP contribution in [0.5, 0.6) is 0 Å². The third-order valence-corrected chi connectivity index (χ3v) is 4.55. The second-order valence-electron chi connectivity index (χ2n) is 5.95. The zero-order chi connectivity index (χ0) is 13.9. The van der Waals surface area contributed by atoms with E-state index in [0.29, 0.717) is 5.92 Å². The Bertz CT molecular complexity index is 429. The number of fused-ring (bicyclic) bond motifs is 1. The minimum absolute atomic E-state index is 0.193. The Morgan fingerprint density at radius 3 is 2.84 bits per heavy atom. The topological polar surface area (TPSA) is 20.2 Å². The van der Waals surface area contributed by atoms with Crippen LogP contribution in [0.2, 0.25) is 0 Å². The van der Waals surface area contributed by atoms with Gasteiger partial charge >= 0.3 is 0 Å². The van der Waals surface area contributed by atoms with Gasteiger partial charge in [-0.2, -0.15) is 0 Å². The molecule has 0 fully saturated rings. The van der Waals surface area contributed by atoms with Gasteiger partial charge in [-0.05, 0) is 48.4 Å². The maximum absolute atomic E-state index is 13.2. The summed E-state index contributed by atoms with van der Waals surface area (Å²) in [5.74, 6) is 0.377. The lowest BCUT2D eigenvalue weighted by molar-refractivity contribution is 0.0105. The lowest BCUT2D eigenvalue weighted by Gasteiger charge is -2.29. The molecule has 0 aliphatic heterocycles. The van der Waals surface area contributed by atoms with E-state index in [0.717, 1.165) is 36.8 Å². The highest BCUT2D eigenvalue weighted by molar-refractivity contribution is 5.37. The van der Waals surface area contributed by atoms with Crippen molar-refractivity contribution in [1.29, 1.82) is 0 Å². The van der Waals surface area contributed by atoms with Crippen molar-refractivity contribution in [3.05, 3.63) is 35.1 Å². The van der Waals surface area contributed by atoms with Crippen molar-refractivity contribution in [1.82, 2.24) is 0 Å². The molecule has 1 aromatic rings. The van der Waals surface area contributed by atoms with E-state index in [1.165, 1.54) is 25.3 Å². The molecule has 106 valence electrons. The second kappa shape index (κ2) is 6.04. The van der Waals surface area contributed by atoms with Crippen LogP contribution in [0.15, 0.2) is 18.2 Å². The van der Waals surface area contributed by atoms with Crippen molar-refractivity contribution in [2.45, 2.75) is 64.4 Å². The zero-order valence-electron chi connectivity index (χ0n) is 12.1. The van der Waals surface area contributed by atoms with E-state index in [-0.39, 0.29) is 5.82 Å². The summed E-state index contributed by atoms with van der Waals surface area (Å²) in [5, 5.41) is 10.9. The number of halogens is 1. The van der Waals surface area contributed by atoms with E-state index >= 15 is 0 Å². The average Bonchev–Trinajstić information content (AvgIpc) is 2.71. The SMILES string of the molecule is CCCCC(CC)CC1(O)CCc2cc(F)ccc21. The number of aryl methyl sites for hydroxylation is 1. The van der Waals surface area contributed by atoms with Crippen molar-refractivity contribution in [2.24, 2.45) is 5.92 Å². The van der Waals surface area contributed by atoms with Crippen LogP contribution in [0.25, 0.3) is 0 Å². The number of rotatable bonds is 6. The normalized spacial score (nSPS) is 23.4. The van der Waals surface area contributed by atoms with Gasteiger partial charge in [-0.15, -0.1) is 0 Å². The Hall–Kier alpha value is -0.890. The molecule has 0 amide bonds. The molecule has 1 N–H and O–H groups in total. The van der Waals surface area contributed by atoms with Crippen molar-refractivity contribution < 1.29 is 9.50 Å². The van der Waals surface area contributed by atoms with Crippen LogP contribution in [0.1, 0.15) is 63.5 Å². The Labute approximate surface area is 115 Å². The lowest BCUT2D eigenvalue weighted by Crippen LogP contribution is -2.26. The third-order valence-electron chi connectivity index (χ3n) is 4.55. The average molecular weight is 264 g/mol. The summed E-state index contributed by atoms with van der Waals surface area (Å²) in [4.78, 5) is 0. The van der Waals surface area contributed by atoms with Gasteiger partial charge in [0.1, 0.15) is 5.82 Å². The molecule has 2 heteroatoms. The molecule has 0 saturated heterocycles. The molecule has 2 unspecified atom stereocenters. The van der Waals surface area contributed by atoms with Gasteiger partial charge in [-0.3, -0.25) is 0 Å². The summed E-state index contributed by atoms with van der Waals surface area (Å²) < 4.78 is 13.2. The summed E-state index contributed by atoms with van der Waals surface area (Å²) in [6, 6.07) is 4.84. The van der Waals surface area contributed by atoms with Crippen LogP contribution >= 0.6 is 0 Å². The quantitative estimate of drug-likeness (QED) is 0.798. The number of hydrogen-bond acceptors (Lipinski definition) is 1. The highest BCUT2D eigenvalue weighted by Crippen LogP contribution is 2.42. The molecule has 0 saturated carbocycles. The van der Waals surface area contributed by atoms with Gasteiger partial charge in [0, 0.05) is 0 Å². The van der Waals surface area contributed by atoms with Gasteiger partial charge in [0.05, 0.1) is 5.60 Å². The number of unbranched alkanes of at least 4 members (excludes halogenated alkanes) is 1. The van der Waals surface area contributed by atoms with E-state index in [2.05, 4.69) is 13.8 Å². The fourth-order valence-corrected chi connectivity index (χ4v) is 3.33. The number of hydrogen-bond donors (Lipinski definition) is 1. The Balaban J connectivity index is 2.12. The smallest absolute Gasteiger partial charge is 0.123 e. The van der Waals surface area contributed by atoms with Crippen LogP contribution in [0, 0.1) is 11.7 Å². The van der Waals surface area contributed by atoms with Crippen LogP contribution in [0.3, 0.4) is 0 Å². The molecule has 0 spiro atoms. The van der Waals surface area contributed by atoms with Gasteiger partial charge in [-0.1, -0.05) is 45.6 Å². The first-order valence-corrected chi connectivity index (χ1v) is 7.60. The van der Waals surface area contributed by atoms with Crippen molar-refractivity contribution in [3.8, 4) is 0 Å². The predicted molar refractivity (Wildman–Crippen MR) is 76.5 cm³/mol. The molecule has 1 aliphatic carbocycles. The van der Waals surface area contributed by atoms with Gasteiger partial charge in [0.2, 0.25) is 0 Å². The molecule has 1 nitrogen and oxygen atoms in total. The summed E-state index contributed by atoms with van der Waals surface area (Å²) in [6.45, 7) is 4.40. The van der Waals surface area contributed by atoms with Crippen LogP contribution in [-0.4, -0.2) is 5.11 Å². The van der Waals surface area contributed by atoms with E-state index in [1.807, 2.05) is 0 Å². The fraction of sp³-hybridized carbons (Fsp3) is 0.647. The highest BCUT2D eigenvalue weighted by atomic mass is 19.1. The Morgan fingerprint density at radius 2 is 2.16 bits per heavy atom. The first-order valence-electron chi connectivity index (χ1n) is 7.60. The lowest BCUT2D eigenvalue weighted by atomic mass is 9.82. The second-order valence-corrected chi connectivity index (χ2v) is 5.95. The van der Waals surface area contributed by atoms with Crippen LogP contribution in [-0.2, 0) is 12.0 Å². The highest BCUT2D eigenvalue weighted by Gasteiger charge is 2.38. The summed E-state index contributed by atoms with van der Waals surface area (Å²) in [5.41, 5.74) is 1.23. The van der Waals surface area contributed by atoms with Crippen molar-refractivity contribution >= 4 is 0 Å². The van der Waals surface area contributed by atoms with Gasteiger partial charge in [0.25, 0.3) is 0 Å². The molecule has 2 atom stereocenters. The first-order chi connectivity index (χ1) is 9.09. The monoisotopic (exact) mass is 264 g/mol. The first kappa shape index (κ1) is 14.5. The fourth-order valence-electron chi connectivity index (χ4n) is 3.33. The molecule has 0 bridgehead atoms. The van der Waals surface area contributed by atoms with E-state index in [4.69, 9.17) is 0 Å². The largest absolute Gasteiger partial charge is 0.385 e. The van der Waals surface area contributed by atoms with E-state index in [1.54, 1.807) is 12.1 Å². The maximum Gasteiger partial charge on any atom is 0.123 e. The Morgan fingerprint density at radius 1 is 1.37 bits per heavy atom. The minimum Gasteiger partial charge on any atom is -0.385 e. The van der Waals surface area contributed by atoms with Crippen LogP contribution < -0.4 is 0 Å². The molecule has 0 heterocycles. The number of benzene rings is 1. The third kappa shape index (κ3) is 3.17. The molecule has 0 radical (unpaired) electrons. The van der Waals surface area contributed by atoms with Crippen molar-refractivity contribution in [3.63, 3.8) is 0 Å². The summed E-state index contributed by atoms with van der Waals surface area (Å²) in [6.07, 6.45) is 7.09. The van der Waals surface area contributed by atoms with E-state index < -0.39 is 5.60 Å². The molecular formula is C17H25FO. The standard InChI is InChI=1S/C17H25FO/c1-3-5-6-13(4-2)12-17(19)10-9-14-11-15(18)7-8-16(14)17/h7-8,11,13,19H,3-6,9-10,12H2,1-2H3. The summed E-state index contributed by atoms with van der Waals surface area (Å²) in [7, 11) is 0. The molecule has 0 aromatic heterocycles.